The average molecular weight is 357 g/mol. The Kier molecular flexibility index (Phi) is 4.89. The highest BCUT2D eigenvalue weighted by Crippen LogP contribution is 2.22. The molecule has 0 saturated carbocycles. The van der Waals surface area contributed by atoms with Gasteiger partial charge in [-0.25, -0.2) is 14.6 Å². The highest BCUT2D eigenvalue weighted by atomic mass is 32.2. The van der Waals surface area contributed by atoms with Crippen LogP contribution in [0.3, 0.4) is 0 Å². The van der Waals surface area contributed by atoms with Crippen LogP contribution >= 0.6 is 11.8 Å². The van der Waals surface area contributed by atoms with Crippen LogP contribution in [0.4, 0.5) is 11.4 Å². The molecular weight excluding hydrogens is 342 g/mol. The fourth-order valence-electron chi connectivity index (χ4n) is 2.15. The number of amides is 2. The van der Waals surface area contributed by atoms with Crippen LogP contribution in [0.25, 0.3) is 11.2 Å². The van der Waals surface area contributed by atoms with Crippen LogP contribution in [0.1, 0.15) is 6.92 Å². The SMILES string of the molecule is CC(=O)Nc1cccc(NC(=O)CSc2ncnc3c2nnn3C)c1. The van der Waals surface area contributed by atoms with E-state index in [4.69, 9.17) is 0 Å². The Hall–Kier alpha value is -3.01. The predicted molar refractivity (Wildman–Crippen MR) is 94.2 cm³/mol. The molecular formula is C15H15N7O2S. The van der Waals surface area contributed by atoms with Crippen LogP contribution in [-0.2, 0) is 16.6 Å². The lowest BCUT2D eigenvalue weighted by molar-refractivity contribution is -0.114. The van der Waals surface area contributed by atoms with Crippen molar-refractivity contribution in [3.63, 3.8) is 0 Å². The summed E-state index contributed by atoms with van der Waals surface area (Å²) < 4.78 is 1.55. The lowest BCUT2D eigenvalue weighted by Gasteiger charge is -2.07. The second kappa shape index (κ2) is 7.26. The van der Waals surface area contributed by atoms with E-state index >= 15 is 0 Å². The quantitative estimate of drug-likeness (QED) is 0.524. The third kappa shape index (κ3) is 4.10. The smallest absolute Gasteiger partial charge is 0.234 e. The van der Waals surface area contributed by atoms with Crippen LogP contribution in [0.2, 0.25) is 0 Å². The zero-order valence-corrected chi connectivity index (χ0v) is 14.4. The number of benzene rings is 1. The fraction of sp³-hybridized carbons (Fsp3) is 0.200. The number of nitrogens with zero attached hydrogens (tertiary/aromatic N) is 5. The van der Waals surface area contributed by atoms with Crippen molar-refractivity contribution in [1.82, 2.24) is 25.0 Å². The molecule has 128 valence electrons. The molecule has 2 N–H and O–H groups in total. The van der Waals surface area contributed by atoms with Crippen molar-refractivity contribution in [3.8, 4) is 0 Å². The number of anilines is 2. The van der Waals surface area contributed by atoms with Crippen molar-refractivity contribution >= 4 is 46.1 Å². The molecule has 2 aromatic heterocycles. The minimum Gasteiger partial charge on any atom is -0.326 e. The van der Waals surface area contributed by atoms with Gasteiger partial charge in [0, 0.05) is 25.3 Å². The van der Waals surface area contributed by atoms with E-state index in [1.807, 2.05) is 0 Å². The molecule has 0 fully saturated rings. The van der Waals surface area contributed by atoms with Crippen molar-refractivity contribution in [3.05, 3.63) is 30.6 Å². The van der Waals surface area contributed by atoms with Crippen LogP contribution in [0.5, 0.6) is 0 Å². The number of carbonyl (C=O) groups is 2. The lowest BCUT2D eigenvalue weighted by atomic mass is 10.2. The largest absolute Gasteiger partial charge is 0.326 e. The number of aryl methyl sites for hydroxylation is 1. The molecule has 0 atom stereocenters. The van der Waals surface area contributed by atoms with E-state index in [-0.39, 0.29) is 17.6 Å². The summed E-state index contributed by atoms with van der Waals surface area (Å²) in [5.41, 5.74) is 2.40. The summed E-state index contributed by atoms with van der Waals surface area (Å²) in [6.07, 6.45) is 1.42. The van der Waals surface area contributed by atoms with Crippen LogP contribution in [0, 0.1) is 0 Å². The zero-order chi connectivity index (χ0) is 17.8. The molecule has 25 heavy (non-hydrogen) atoms. The first-order chi connectivity index (χ1) is 12.0. The van der Waals surface area contributed by atoms with Gasteiger partial charge in [0.1, 0.15) is 11.4 Å². The average Bonchev–Trinajstić information content (AvgIpc) is 2.95. The van der Waals surface area contributed by atoms with Crippen molar-refractivity contribution in [2.75, 3.05) is 16.4 Å². The monoisotopic (exact) mass is 357 g/mol. The van der Waals surface area contributed by atoms with E-state index in [0.717, 1.165) is 0 Å². The molecule has 0 aliphatic carbocycles. The molecule has 1 aromatic carbocycles. The first-order valence-corrected chi connectivity index (χ1v) is 8.32. The molecule has 0 saturated heterocycles. The topological polar surface area (TPSA) is 115 Å². The maximum atomic E-state index is 12.2. The Labute approximate surface area is 147 Å². The maximum absolute atomic E-state index is 12.2. The van der Waals surface area contributed by atoms with Gasteiger partial charge >= 0.3 is 0 Å². The molecule has 2 heterocycles. The molecule has 0 spiro atoms. The number of aromatic nitrogens is 5. The lowest BCUT2D eigenvalue weighted by Crippen LogP contribution is -2.14. The summed E-state index contributed by atoms with van der Waals surface area (Å²) in [5.74, 6) is -0.205. The van der Waals surface area contributed by atoms with E-state index < -0.39 is 0 Å². The highest BCUT2D eigenvalue weighted by molar-refractivity contribution is 8.00. The van der Waals surface area contributed by atoms with Crippen molar-refractivity contribution in [2.24, 2.45) is 7.05 Å². The molecule has 3 aromatic rings. The summed E-state index contributed by atoms with van der Waals surface area (Å²) in [5, 5.41) is 14.0. The number of nitrogens with one attached hydrogen (secondary N) is 2. The van der Waals surface area contributed by atoms with Gasteiger partial charge in [0.2, 0.25) is 11.8 Å². The van der Waals surface area contributed by atoms with Gasteiger partial charge in [-0.05, 0) is 18.2 Å². The van der Waals surface area contributed by atoms with Crippen molar-refractivity contribution < 1.29 is 9.59 Å². The third-order valence-corrected chi connectivity index (χ3v) is 4.14. The number of hydrogen-bond donors (Lipinski definition) is 2. The summed E-state index contributed by atoms with van der Waals surface area (Å²) in [7, 11) is 1.74. The van der Waals surface area contributed by atoms with E-state index in [1.165, 1.54) is 25.0 Å². The Balaban J connectivity index is 1.64. The van der Waals surface area contributed by atoms with Crippen LogP contribution in [-0.4, -0.2) is 42.5 Å². The van der Waals surface area contributed by atoms with E-state index in [1.54, 1.807) is 36.0 Å². The number of rotatable bonds is 5. The third-order valence-electron chi connectivity index (χ3n) is 3.16. The summed E-state index contributed by atoms with van der Waals surface area (Å²) >= 11 is 1.26. The number of fused-ring (bicyclic) bond motifs is 1. The van der Waals surface area contributed by atoms with Gasteiger partial charge in [0.25, 0.3) is 0 Å². The molecule has 9 nitrogen and oxygen atoms in total. The maximum Gasteiger partial charge on any atom is 0.234 e. The number of hydrogen-bond acceptors (Lipinski definition) is 7. The molecule has 0 aliphatic heterocycles. The van der Waals surface area contributed by atoms with Crippen molar-refractivity contribution in [2.45, 2.75) is 11.9 Å². The van der Waals surface area contributed by atoms with Gasteiger partial charge in [0.15, 0.2) is 11.2 Å². The molecule has 3 rings (SSSR count). The zero-order valence-electron chi connectivity index (χ0n) is 13.6. The van der Waals surface area contributed by atoms with Gasteiger partial charge in [-0.3, -0.25) is 9.59 Å². The van der Waals surface area contributed by atoms with Gasteiger partial charge in [0.05, 0.1) is 5.75 Å². The molecule has 0 bridgehead atoms. The minimum absolute atomic E-state index is 0.160. The van der Waals surface area contributed by atoms with Gasteiger partial charge in [-0.2, -0.15) is 0 Å². The fourth-order valence-corrected chi connectivity index (χ4v) is 2.88. The molecule has 2 amide bonds. The number of carbonyl (C=O) groups excluding carboxylic acids is 2. The highest BCUT2D eigenvalue weighted by Gasteiger charge is 2.12. The first kappa shape index (κ1) is 16.8. The standard InChI is InChI=1S/C15H15N7O2S/c1-9(23)18-10-4-3-5-11(6-10)19-12(24)7-25-15-13-14(16-8-17-15)22(2)21-20-13/h3-6,8H,7H2,1-2H3,(H,18,23)(H,19,24). The molecule has 0 radical (unpaired) electrons. The Bertz CT molecular complexity index is 941. The van der Waals surface area contributed by atoms with E-state index in [2.05, 4.69) is 30.9 Å². The van der Waals surface area contributed by atoms with Crippen molar-refractivity contribution in [1.29, 1.82) is 0 Å². The number of thioether (sulfide) groups is 1. The first-order valence-electron chi connectivity index (χ1n) is 7.33. The van der Waals surface area contributed by atoms with Gasteiger partial charge in [-0.15, -0.1) is 5.10 Å². The summed E-state index contributed by atoms with van der Waals surface area (Å²) in [4.78, 5) is 31.5. The molecule has 10 heteroatoms. The molecule has 0 unspecified atom stereocenters. The van der Waals surface area contributed by atoms with Crippen LogP contribution < -0.4 is 10.6 Å². The Morgan fingerprint density at radius 3 is 2.72 bits per heavy atom. The Morgan fingerprint density at radius 2 is 1.96 bits per heavy atom. The summed E-state index contributed by atoms with van der Waals surface area (Å²) in [6.45, 7) is 1.43. The Morgan fingerprint density at radius 1 is 1.20 bits per heavy atom. The van der Waals surface area contributed by atoms with E-state index in [0.29, 0.717) is 27.6 Å². The minimum atomic E-state index is -0.194. The summed E-state index contributed by atoms with van der Waals surface area (Å²) in [6, 6.07) is 6.94. The molecule has 0 aliphatic rings. The van der Waals surface area contributed by atoms with E-state index in [9.17, 15) is 9.59 Å². The predicted octanol–water partition coefficient (Wildman–Crippen LogP) is 1.45. The van der Waals surface area contributed by atoms with Gasteiger partial charge < -0.3 is 10.6 Å². The van der Waals surface area contributed by atoms with Gasteiger partial charge in [-0.1, -0.05) is 23.0 Å². The second-order valence-corrected chi connectivity index (χ2v) is 6.13. The van der Waals surface area contributed by atoms with Crippen LogP contribution in [0.15, 0.2) is 35.6 Å². The normalized spacial score (nSPS) is 10.6. The second-order valence-electron chi connectivity index (χ2n) is 5.16.